The monoisotopic (exact) mass is 366 g/mol. The predicted octanol–water partition coefficient (Wildman–Crippen LogP) is -5.38. The fourth-order valence-electron chi connectivity index (χ4n) is 3.35. The van der Waals surface area contributed by atoms with Crippen molar-refractivity contribution in [3.05, 3.63) is 0 Å². The number of fused-ring (bicyclic) bond motifs is 2. The maximum atomic E-state index is 12.5. The standard InChI is InChI=1S/C13H22N2O10/c16-1-4-6(18)8(20)9(21)11(25-4)14-13(23)15-3-2-24-12(15)10(22)7(19)5(3)17/h3-12,16-22H,1-2H2,(H,14,23)/t3-,4+,5+,6+,7-,8-,9+,10+,11+,12+/m0/s1. The van der Waals surface area contributed by atoms with E-state index in [-0.39, 0.29) is 6.61 Å². The van der Waals surface area contributed by atoms with Crippen molar-refractivity contribution >= 4 is 6.03 Å². The number of nitrogens with one attached hydrogen (secondary N) is 1. The van der Waals surface area contributed by atoms with Gasteiger partial charge in [-0.25, -0.2) is 4.79 Å². The van der Waals surface area contributed by atoms with Gasteiger partial charge in [-0.3, -0.25) is 4.90 Å². The van der Waals surface area contributed by atoms with Crippen LogP contribution in [0, 0.1) is 0 Å². The summed E-state index contributed by atoms with van der Waals surface area (Å²) in [6.07, 6.45) is -13.2. The van der Waals surface area contributed by atoms with E-state index in [1.807, 2.05) is 0 Å². The fourth-order valence-corrected chi connectivity index (χ4v) is 3.35. The van der Waals surface area contributed by atoms with Crippen molar-refractivity contribution in [3.8, 4) is 0 Å². The minimum Gasteiger partial charge on any atom is -0.394 e. The van der Waals surface area contributed by atoms with Crippen LogP contribution in [0.25, 0.3) is 0 Å². The molecule has 8 N–H and O–H groups in total. The Kier molecular flexibility index (Phi) is 5.16. The van der Waals surface area contributed by atoms with Gasteiger partial charge < -0.3 is 50.5 Å². The highest BCUT2D eigenvalue weighted by Gasteiger charge is 2.55. The SMILES string of the molecule is O=C(N[C@@H]1O[C@H](CO)[C@@H](O)[C@H](O)[C@H]1O)N1[C@@H]2OC[C@H]1[C@@H](O)[C@H](O)[C@H]2O. The number of hydrogen-bond donors (Lipinski definition) is 8. The van der Waals surface area contributed by atoms with Crippen LogP contribution in [-0.2, 0) is 9.47 Å². The highest BCUT2D eigenvalue weighted by Crippen LogP contribution is 2.32. The minimum atomic E-state index is -1.68. The van der Waals surface area contributed by atoms with Crippen LogP contribution in [0.1, 0.15) is 0 Å². The number of nitrogens with zero attached hydrogens (tertiary/aromatic N) is 1. The Morgan fingerprint density at radius 3 is 2.24 bits per heavy atom. The molecule has 12 nitrogen and oxygen atoms in total. The van der Waals surface area contributed by atoms with Gasteiger partial charge in [-0.1, -0.05) is 0 Å². The van der Waals surface area contributed by atoms with Gasteiger partial charge in [0, 0.05) is 0 Å². The largest absolute Gasteiger partial charge is 0.394 e. The van der Waals surface area contributed by atoms with Crippen LogP contribution in [0.3, 0.4) is 0 Å². The number of aliphatic hydroxyl groups excluding tert-OH is 7. The molecule has 2 amide bonds. The van der Waals surface area contributed by atoms with Crippen molar-refractivity contribution < 1.29 is 50.0 Å². The first-order valence-corrected chi connectivity index (χ1v) is 7.83. The molecule has 0 aromatic carbocycles. The average Bonchev–Trinajstić information content (AvgIpc) is 3.00. The van der Waals surface area contributed by atoms with Crippen molar-refractivity contribution in [1.29, 1.82) is 0 Å². The molecule has 3 aliphatic heterocycles. The topological polar surface area (TPSA) is 192 Å². The Balaban J connectivity index is 1.72. The summed E-state index contributed by atoms with van der Waals surface area (Å²) in [7, 11) is 0. The molecule has 0 aromatic heterocycles. The zero-order chi connectivity index (χ0) is 18.5. The van der Waals surface area contributed by atoms with Gasteiger partial charge in [0.2, 0.25) is 0 Å². The number of aliphatic hydroxyl groups is 7. The zero-order valence-corrected chi connectivity index (χ0v) is 13.0. The second-order valence-corrected chi connectivity index (χ2v) is 6.37. The van der Waals surface area contributed by atoms with Crippen LogP contribution in [0.5, 0.6) is 0 Å². The molecule has 2 bridgehead atoms. The molecule has 0 radical (unpaired) electrons. The van der Waals surface area contributed by atoms with Gasteiger partial charge >= 0.3 is 6.03 Å². The maximum Gasteiger partial charge on any atom is 0.322 e. The number of ether oxygens (including phenoxy) is 2. The van der Waals surface area contributed by atoms with Crippen molar-refractivity contribution in [3.63, 3.8) is 0 Å². The zero-order valence-electron chi connectivity index (χ0n) is 13.0. The first-order chi connectivity index (χ1) is 11.8. The van der Waals surface area contributed by atoms with E-state index < -0.39 is 73.9 Å². The van der Waals surface area contributed by atoms with Gasteiger partial charge in [0.05, 0.1) is 19.3 Å². The Morgan fingerprint density at radius 2 is 1.60 bits per heavy atom. The highest BCUT2D eigenvalue weighted by molar-refractivity contribution is 5.75. The van der Waals surface area contributed by atoms with E-state index in [0.717, 1.165) is 4.90 Å². The van der Waals surface area contributed by atoms with Crippen molar-refractivity contribution in [2.24, 2.45) is 0 Å². The number of carbonyl (C=O) groups is 1. The van der Waals surface area contributed by atoms with E-state index in [2.05, 4.69) is 5.32 Å². The van der Waals surface area contributed by atoms with Gasteiger partial charge in [-0.15, -0.1) is 0 Å². The molecule has 0 aromatic rings. The number of urea groups is 1. The molecule has 3 heterocycles. The van der Waals surface area contributed by atoms with Gasteiger partial charge in [-0.2, -0.15) is 0 Å². The molecular formula is C13H22N2O10. The molecule has 3 saturated heterocycles. The van der Waals surface area contributed by atoms with E-state index in [9.17, 15) is 35.4 Å². The third kappa shape index (κ3) is 2.99. The minimum absolute atomic E-state index is 0.109. The molecular weight excluding hydrogens is 344 g/mol. The quantitative estimate of drug-likeness (QED) is 0.234. The Morgan fingerprint density at radius 1 is 0.960 bits per heavy atom. The Labute approximate surface area is 141 Å². The second kappa shape index (κ2) is 6.90. The summed E-state index contributed by atoms with van der Waals surface area (Å²) in [5.74, 6) is 0. The number of hydrogen-bond acceptors (Lipinski definition) is 10. The number of carbonyl (C=O) groups excluding carboxylic acids is 1. The second-order valence-electron chi connectivity index (χ2n) is 6.37. The number of piperidine rings is 1. The molecule has 0 unspecified atom stereocenters. The third-order valence-corrected chi connectivity index (χ3v) is 4.85. The van der Waals surface area contributed by atoms with Crippen molar-refractivity contribution in [2.45, 2.75) is 61.2 Å². The summed E-state index contributed by atoms with van der Waals surface area (Å²) >= 11 is 0. The van der Waals surface area contributed by atoms with E-state index >= 15 is 0 Å². The van der Waals surface area contributed by atoms with Crippen LogP contribution >= 0.6 is 0 Å². The first-order valence-electron chi connectivity index (χ1n) is 7.83. The van der Waals surface area contributed by atoms with Gasteiger partial charge in [-0.05, 0) is 0 Å². The number of rotatable bonds is 2. The summed E-state index contributed by atoms with van der Waals surface area (Å²) in [6, 6.07) is -1.81. The van der Waals surface area contributed by atoms with E-state index in [0.29, 0.717) is 0 Å². The normalized spacial score (nSPS) is 50.0. The number of amides is 2. The van der Waals surface area contributed by atoms with Crippen LogP contribution < -0.4 is 5.32 Å². The molecule has 12 heteroatoms. The molecule has 10 atom stereocenters. The molecule has 3 fully saturated rings. The Hall–Kier alpha value is -1.09. The first kappa shape index (κ1) is 18.7. The lowest BCUT2D eigenvalue weighted by Gasteiger charge is -2.44. The molecule has 3 rings (SSSR count). The fraction of sp³-hybridized carbons (Fsp3) is 0.923. The van der Waals surface area contributed by atoms with Crippen LogP contribution in [-0.4, -0.2) is 121 Å². The molecule has 3 aliphatic rings. The van der Waals surface area contributed by atoms with E-state index in [4.69, 9.17) is 14.6 Å². The van der Waals surface area contributed by atoms with Gasteiger partial charge in [0.15, 0.2) is 12.5 Å². The molecule has 0 spiro atoms. The highest BCUT2D eigenvalue weighted by atomic mass is 16.6. The molecule has 0 saturated carbocycles. The lowest BCUT2D eigenvalue weighted by atomic mass is 9.95. The summed E-state index contributed by atoms with van der Waals surface area (Å²) in [4.78, 5) is 13.5. The summed E-state index contributed by atoms with van der Waals surface area (Å²) in [5.41, 5.74) is 0. The van der Waals surface area contributed by atoms with Gasteiger partial charge in [0.25, 0.3) is 0 Å². The van der Waals surface area contributed by atoms with Crippen molar-refractivity contribution in [1.82, 2.24) is 10.2 Å². The molecule has 25 heavy (non-hydrogen) atoms. The maximum absolute atomic E-state index is 12.5. The predicted molar refractivity (Wildman–Crippen MR) is 75.7 cm³/mol. The molecule has 0 aliphatic carbocycles. The summed E-state index contributed by atoms with van der Waals surface area (Å²) < 4.78 is 10.4. The van der Waals surface area contributed by atoms with E-state index in [1.54, 1.807) is 0 Å². The third-order valence-electron chi connectivity index (χ3n) is 4.85. The summed E-state index contributed by atoms with van der Waals surface area (Å²) in [5, 5.41) is 70.4. The van der Waals surface area contributed by atoms with Crippen LogP contribution in [0.4, 0.5) is 4.79 Å². The average molecular weight is 366 g/mol. The Bertz CT molecular complexity index is 489. The van der Waals surface area contributed by atoms with Crippen LogP contribution in [0.15, 0.2) is 0 Å². The lowest BCUT2D eigenvalue weighted by Crippen LogP contribution is -2.68. The van der Waals surface area contributed by atoms with E-state index in [1.165, 1.54) is 0 Å². The van der Waals surface area contributed by atoms with Gasteiger partial charge in [0.1, 0.15) is 42.7 Å². The molecule has 144 valence electrons. The van der Waals surface area contributed by atoms with Crippen LogP contribution in [0.2, 0.25) is 0 Å². The lowest BCUT2D eigenvalue weighted by molar-refractivity contribution is -0.234. The van der Waals surface area contributed by atoms with Crippen molar-refractivity contribution in [2.75, 3.05) is 13.2 Å². The smallest absolute Gasteiger partial charge is 0.322 e. The summed E-state index contributed by atoms with van der Waals surface area (Å²) in [6.45, 7) is -0.763.